The first-order valence-corrected chi connectivity index (χ1v) is 5.42. The van der Waals surface area contributed by atoms with E-state index in [1.807, 2.05) is 0 Å². The second-order valence-corrected chi connectivity index (χ2v) is 4.50. The summed E-state index contributed by atoms with van der Waals surface area (Å²) in [4.78, 5) is 0. The fourth-order valence-electron chi connectivity index (χ4n) is 2.49. The van der Waals surface area contributed by atoms with Gasteiger partial charge in [0, 0.05) is 13.0 Å². The Morgan fingerprint density at radius 1 is 1.38 bits per heavy atom. The number of ether oxygens (including phenoxy) is 1. The van der Waals surface area contributed by atoms with Crippen LogP contribution in [0.1, 0.15) is 39.0 Å². The van der Waals surface area contributed by atoms with E-state index in [2.05, 4.69) is 14.2 Å². The Labute approximate surface area is 80.9 Å². The fraction of sp³-hybridized carbons (Fsp3) is 1.00. The maximum atomic E-state index is 10.2. The van der Waals surface area contributed by atoms with Gasteiger partial charge in [0.25, 0.3) is 0 Å². The van der Waals surface area contributed by atoms with Crippen LogP contribution in [0.5, 0.6) is 0 Å². The second-order valence-electron chi connectivity index (χ2n) is 4.50. The van der Waals surface area contributed by atoms with Gasteiger partial charge in [-0.15, -0.1) is 0 Å². The molecule has 3 heteroatoms. The van der Waals surface area contributed by atoms with Crippen molar-refractivity contribution in [1.29, 1.82) is 0 Å². The van der Waals surface area contributed by atoms with Crippen molar-refractivity contribution in [3.63, 3.8) is 0 Å². The maximum absolute atomic E-state index is 10.2. The molecule has 1 saturated heterocycles. The first-order chi connectivity index (χ1) is 6.21. The Morgan fingerprint density at radius 3 is 3.08 bits per heavy atom. The summed E-state index contributed by atoms with van der Waals surface area (Å²) in [5, 5.41) is 10.2. The van der Waals surface area contributed by atoms with E-state index in [-0.39, 0.29) is 5.82 Å². The van der Waals surface area contributed by atoms with Gasteiger partial charge in [0.1, 0.15) is 7.28 Å². The quantitative estimate of drug-likeness (QED) is 0.579. The molecule has 0 bridgehead atoms. The summed E-state index contributed by atoms with van der Waals surface area (Å²) >= 11 is 0. The first-order valence-electron chi connectivity index (χ1n) is 5.42. The Balaban J connectivity index is 2.09. The minimum atomic E-state index is -0.816. The van der Waals surface area contributed by atoms with Gasteiger partial charge in [-0.3, -0.25) is 0 Å². The lowest BCUT2D eigenvalue weighted by atomic mass is 9.50. The summed E-state index contributed by atoms with van der Waals surface area (Å²) in [6.07, 6.45) is 5.31. The summed E-state index contributed by atoms with van der Waals surface area (Å²) in [5.41, 5.74) is 0. The summed E-state index contributed by atoms with van der Waals surface area (Å²) in [6, 6.07) is 0. The Morgan fingerprint density at radius 2 is 2.23 bits per heavy atom. The van der Waals surface area contributed by atoms with Crippen molar-refractivity contribution >= 4 is 7.28 Å². The number of hydrogen-bond donors (Lipinski definition) is 1. The van der Waals surface area contributed by atoms with Gasteiger partial charge in [0.15, 0.2) is 5.79 Å². The minimum absolute atomic E-state index is 0.277. The van der Waals surface area contributed by atoms with Crippen LogP contribution in [0.4, 0.5) is 0 Å². The lowest BCUT2D eigenvalue weighted by molar-refractivity contribution is -0.217. The molecular weight excluding hydrogens is 163 g/mol. The van der Waals surface area contributed by atoms with Gasteiger partial charge in [-0.1, -0.05) is 25.6 Å². The lowest BCUT2D eigenvalue weighted by Crippen LogP contribution is -2.41. The molecule has 13 heavy (non-hydrogen) atoms. The molecule has 73 valence electrons. The maximum Gasteiger partial charge on any atom is 0.161 e. The van der Waals surface area contributed by atoms with E-state index in [1.54, 1.807) is 0 Å². The Hall–Kier alpha value is -0.0151. The van der Waals surface area contributed by atoms with Gasteiger partial charge in [0.2, 0.25) is 0 Å². The van der Waals surface area contributed by atoms with Crippen LogP contribution in [0.25, 0.3) is 0 Å². The van der Waals surface area contributed by atoms with E-state index < -0.39 is 5.79 Å². The van der Waals surface area contributed by atoms with E-state index in [4.69, 9.17) is 4.74 Å². The SMILES string of the molecule is CC1[B]C2CCCCC2(O)OCC1. The number of fused-ring (bicyclic) bond motifs is 1. The molecule has 0 aromatic carbocycles. The van der Waals surface area contributed by atoms with E-state index >= 15 is 0 Å². The number of aliphatic hydroxyl groups is 1. The lowest BCUT2D eigenvalue weighted by Gasteiger charge is -2.38. The molecule has 1 radical (unpaired) electrons. The molecule has 0 aromatic heterocycles. The van der Waals surface area contributed by atoms with Gasteiger partial charge < -0.3 is 9.84 Å². The van der Waals surface area contributed by atoms with E-state index in [0.29, 0.717) is 12.4 Å². The van der Waals surface area contributed by atoms with Crippen LogP contribution >= 0.6 is 0 Å². The van der Waals surface area contributed by atoms with E-state index in [1.165, 1.54) is 6.42 Å². The standard InChI is InChI=1S/C10H18BO2/c1-8-5-7-13-10(12)6-3-2-4-9(10)11-8/h8-9,12H,2-7H2,1H3. The van der Waals surface area contributed by atoms with E-state index in [0.717, 1.165) is 25.7 Å². The zero-order valence-corrected chi connectivity index (χ0v) is 8.33. The third-order valence-electron chi connectivity index (χ3n) is 3.37. The van der Waals surface area contributed by atoms with Crippen LogP contribution < -0.4 is 0 Å². The largest absolute Gasteiger partial charge is 0.366 e. The molecule has 2 fully saturated rings. The molecule has 1 heterocycles. The molecule has 2 nitrogen and oxygen atoms in total. The molecule has 1 saturated carbocycles. The fourth-order valence-corrected chi connectivity index (χ4v) is 2.49. The summed E-state index contributed by atoms with van der Waals surface area (Å²) in [5.74, 6) is 0.0547. The third kappa shape index (κ3) is 1.91. The molecule has 0 aromatic rings. The smallest absolute Gasteiger partial charge is 0.161 e. The molecular formula is C10H18BO2. The van der Waals surface area contributed by atoms with Crippen molar-refractivity contribution in [2.75, 3.05) is 6.61 Å². The second kappa shape index (κ2) is 3.62. The molecule has 1 aliphatic heterocycles. The van der Waals surface area contributed by atoms with Crippen molar-refractivity contribution in [1.82, 2.24) is 0 Å². The van der Waals surface area contributed by atoms with Crippen LogP contribution in [0.15, 0.2) is 0 Å². The van der Waals surface area contributed by atoms with Crippen LogP contribution in [-0.2, 0) is 4.74 Å². The van der Waals surface area contributed by atoms with E-state index in [9.17, 15) is 5.11 Å². The van der Waals surface area contributed by atoms with Gasteiger partial charge in [-0.25, -0.2) is 0 Å². The molecule has 1 N–H and O–H groups in total. The van der Waals surface area contributed by atoms with Crippen molar-refractivity contribution < 1.29 is 9.84 Å². The van der Waals surface area contributed by atoms with Crippen molar-refractivity contribution in [2.45, 2.75) is 56.4 Å². The minimum Gasteiger partial charge on any atom is -0.366 e. The van der Waals surface area contributed by atoms with Crippen LogP contribution in [0, 0.1) is 0 Å². The molecule has 2 aliphatic rings. The van der Waals surface area contributed by atoms with Crippen molar-refractivity contribution in [2.24, 2.45) is 0 Å². The summed E-state index contributed by atoms with van der Waals surface area (Å²) in [6.45, 7) is 2.92. The van der Waals surface area contributed by atoms with Crippen LogP contribution in [0.2, 0.25) is 11.6 Å². The Kier molecular flexibility index (Phi) is 2.66. The van der Waals surface area contributed by atoms with Crippen molar-refractivity contribution in [3.8, 4) is 0 Å². The highest BCUT2D eigenvalue weighted by molar-refractivity contribution is 6.40. The third-order valence-corrected chi connectivity index (χ3v) is 3.37. The van der Waals surface area contributed by atoms with Crippen LogP contribution in [0.3, 0.4) is 0 Å². The number of rotatable bonds is 0. The average molecular weight is 181 g/mol. The van der Waals surface area contributed by atoms with Gasteiger partial charge >= 0.3 is 0 Å². The average Bonchev–Trinajstić information content (AvgIpc) is 2.23. The van der Waals surface area contributed by atoms with Gasteiger partial charge in [-0.05, 0) is 18.7 Å². The Bertz CT molecular complexity index is 186. The van der Waals surface area contributed by atoms with Crippen molar-refractivity contribution in [3.05, 3.63) is 0 Å². The molecule has 2 rings (SSSR count). The normalized spacial score (nSPS) is 46.0. The first kappa shape index (κ1) is 9.54. The molecule has 0 amide bonds. The van der Waals surface area contributed by atoms with Crippen LogP contribution in [-0.4, -0.2) is 24.8 Å². The van der Waals surface area contributed by atoms with Gasteiger partial charge in [-0.2, -0.15) is 0 Å². The summed E-state index contributed by atoms with van der Waals surface area (Å²) < 4.78 is 5.59. The monoisotopic (exact) mass is 181 g/mol. The zero-order chi connectivity index (χ0) is 9.31. The summed E-state index contributed by atoms with van der Waals surface area (Å²) in [7, 11) is 2.30. The highest BCUT2D eigenvalue weighted by Crippen LogP contribution is 2.42. The molecule has 3 atom stereocenters. The topological polar surface area (TPSA) is 29.5 Å². The predicted molar refractivity (Wildman–Crippen MR) is 52.9 cm³/mol. The molecule has 0 spiro atoms. The molecule has 3 unspecified atom stereocenters. The highest BCUT2D eigenvalue weighted by atomic mass is 16.6. The number of hydrogen-bond acceptors (Lipinski definition) is 2. The van der Waals surface area contributed by atoms with Gasteiger partial charge in [0.05, 0.1) is 0 Å². The predicted octanol–water partition coefficient (Wildman–Crippen LogP) is 1.97. The zero-order valence-electron chi connectivity index (χ0n) is 8.33. The molecule has 1 aliphatic carbocycles. The highest BCUT2D eigenvalue weighted by Gasteiger charge is 2.42.